The smallest absolute Gasteiger partial charge is 0.0774 e. The molecule has 112 valence electrons. The molecule has 2 N–H and O–H groups in total. The molecule has 0 spiro atoms. The molecule has 2 heteroatoms. The van der Waals surface area contributed by atoms with Crippen molar-refractivity contribution in [3.63, 3.8) is 0 Å². The highest BCUT2D eigenvalue weighted by molar-refractivity contribution is 5.37. The third-order valence-electron chi connectivity index (χ3n) is 4.66. The zero-order valence-electron chi connectivity index (χ0n) is 13.4. The van der Waals surface area contributed by atoms with Crippen LogP contribution in [-0.4, -0.2) is 17.3 Å². The van der Waals surface area contributed by atoms with Crippen molar-refractivity contribution in [1.82, 2.24) is 5.32 Å². The summed E-state index contributed by atoms with van der Waals surface area (Å²) in [5, 5.41) is 14.1. The Morgan fingerprint density at radius 3 is 2.50 bits per heavy atom. The van der Waals surface area contributed by atoms with E-state index in [1.165, 1.54) is 28.7 Å². The first-order valence-corrected chi connectivity index (χ1v) is 7.89. The predicted octanol–water partition coefficient (Wildman–Crippen LogP) is 3.64. The van der Waals surface area contributed by atoms with E-state index in [9.17, 15) is 5.11 Å². The number of hydrogen-bond acceptors (Lipinski definition) is 2. The van der Waals surface area contributed by atoms with Gasteiger partial charge in [0.1, 0.15) is 0 Å². The largest absolute Gasteiger partial charge is 0.389 e. The number of aliphatic hydroxyl groups is 1. The third kappa shape index (κ3) is 3.83. The Morgan fingerprint density at radius 1 is 1.25 bits per heavy atom. The SMILES string of the molecule is Cc1cc(C)c(CNCC2(O)CCCC(C)C2)c(C)c1. The second kappa shape index (κ2) is 6.28. The van der Waals surface area contributed by atoms with Crippen molar-refractivity contribution in [3.05, 3.63) is 34.4 Å². The molecule has 1 aromatic rings. The van der Waals surface area contributed by atoms with Gasteiger partial charge in [-0.3, -0.25) is 0 Å². The summed E-state index contributed by atoms with van der Waals surface area (Å²) in [4.78, 5) is 0. The Hall–Kier alpha value is -0.860. The molecule has 0 aromatic heterocycles. The van der Waals surface area contributed by atoms with Crippen LogP contribution in [0.5, 0.6) is 0 Å². The second-order valence-corrected chi connectivity index (χ2v) is 6.91. The Kier molecular flexibility index (Phi) is 4.87. The van der Waals surface area contributed by atoms with Crippen molar-refractivity contribution in [3.8, 4) is 0 Å². The van der Waals surface area contributed by atoms with E-state index in [0.717, 1.165) is 25.8 Å². The van der Waals surface area contributed by atoms with Crippen LogP contribution in [0, 0.1) is 26.7 Å². The van der Waals surface area contributed by atoms with Crippen molar-refractivity contribution < 1.29 is 5.11 Å². The van der Waals surface area contributed by atoms with Crippen LogP contribution in [0.4, 0.5) is 0 Å². The molecule has 0 aliphatic heterocycles. The fraction of sp³-hybridized carbons (Fsp3) is 0.667. The molecule has 0 radical (unpaired) electrons. The lowest BCUT2D eigenvalue weighted by Crippen LogP contribution is -2.43. The summed E-state index contributed by atoms with van der Waals surface area (Å²) >= 11 is 0. The molecule has 2 nitrogen and oxygen atoms in total. The molecule has 1 fully saturated rings. The molecule has 0 amide bonds. The van der Waals surface area contributed by atoms with Gasteiger partial charge >= 0.3 is 0 Å². The second-order valence-electron chi connectivity index (χ2n) is 6.91. The van der Waals surface area contributed by atoms with Crippen LogP contribution in [0.2, 0.25) is 0 Å². The minimum Gasteiger partial charge on any atom is -0.389 e. The van der Waals surface area contributed by atoms with Gasteiger partial charge in [-0.1, -0.05) is 37.5 Å². The van der Waals surface area contributed by atoms with Crippen LogP contribution in [0.25, 0.3) is 0 Å². The first-order chi connectivity index (χ1) is 9.39. The molecule has 1 aromatic carbocycles. The lowest BCUT2D eigenvalue weighted by atomic mass is 9.79. The van der Waals surface area contributed by atoms with Gasteiger partial charge in [0.05, 0.1) is 5.60 Å². The van der Waals surface area contributed by atoms with Crippen LogP contribution >= 0.6 is 0 Å². The summed E-state index contributed by atoms with van der Waals surface area (Å²) in [5.41, 5.74) is 4.90. The van der Waals surface area contributed by atoms with Gasteiger partial charge in [0.15, 0.2) is 0 Å². The molecule has 2 rings (SSSR count). The zero-order valence-corrected chi connectivity index (χ0v) is 13.4. The van der Waals surface area contributed by atoms with Gasteiger partial charge in [0, 0.05) is 13.1 Å². The molecular formula is C18H29NO. The molecule has 1 aliphatic carbocycles. The normalized spacial score (nSPS) is 26.8. The first kappa shape index (κ1) is 15.5. The van der Waals surface area contributed by atoms with E-state index in [0.29, 0.717) is 12.5 Å². The maximum Gasteiger partial charge on any atom is 0.0774 e. The summed E-state index contributed by atoms with van der Waals surface area (Å²) in [7, 11) is 0. The number of nitrogens with one attached hydrogen (secondary N) is 1. The van der Waals surface area contributed by atoms with E-state index in [1.54, 1.807) is 0 Å². The molecule has 0 bridgehead atoms. The summed E-state index contributed by atoms with van der Waals surface area (Å²) in [6.45, 7) is 10.3. The van der Waals surface area contributed by atoms with Gasteiger partial charge in [-0.15, -0.1) is 0 Å². The fourth-order valence-corrected chi connectivity index (χ4v) is 3.70. The monoisotopic (exact) mass is 275 g/mol. The number of benzene rings is 1. The van der Waals surface area contributed by atoms with Gasteiger partial charge < -0.3 is 10.4 Å². The van der Waals surface area contributed by atoms with Crippen LogP contribution in [0.1, 0.15) is 54.9 Å². The van der Waals surface area contributed by atoms with Crippen molar-refractivity contribution in [2.24, 2.45) is 5.92 Å². The van der Waals surface area contributed by atoms with Crippen molar-refractivity contribution in [2.75, 3.05) is 6.54 Å². The first-order valence-electron chi connectivity index (χ1n) is 7.89. The average Bonchev–Trinajstić information content (AvgIpc) is 2.32. The lowest BCUT2D eigenvalue weighted by molar-refractivity contribution is -0.0119. The molecule has 20 heavy (non-hydrogen) atoms. The molecular weight excluding hydrogens is 246 g/mol. The van der Waals surface area contributed by atoms with Crippen LogP contribution in [0.15, 0.2) is 12.1 Å². The average molecular weight is 275 g/mol. The standard InChI is InChI=1S/C18H29NO/c1-13-6-5-7-18(20,10-13)12-19-11-17-15(3)8-14(2)9-16(17)4/h8-9,13,19-20H,5-7,10-12H2,1-4H3. The molecule has 2 atom stereocenters. The molecule has 0 saturated heterocycles. The Labute approximate surface area is 123 Å². The van der Waals surface area contributed by atoms with Gasteiger partial charge in [0.2, 0.25) is 0 Å². The van der Waals surface area contributed by atoms with E-state index >= 15 is 0 Å². The minimum absolute atomic E-state index is 0.496. The quantitative estimate of drug-likeness (QED) is 0.879. The van der Waals surface area contributed by atoms with Crippen molar-refractivity contribution in [1.29, 1.82) is 0 Å². The van der Waals surface area contributed by atoms with E-state index in [4.69, 9.17) is 0 Å². The number of rotatable bonds is 4. The summed E-state index contributed by atoms with van der Waals surface area (Å²) in [6, 6.07) is 4.48. The summed E-state index contributed by atoms with van der Waals surface area (Å²) < 4.78 is 0. The van der Waals surface area contributed by atoms with E-state index < -0.39 is 5.60 Å². The lowest BCUT2D eigenvalue weighted by Gasteiger charge is -2.35. The van der Waals surface area contributed by atoms with Crippen LogP contribution in [0.3, 0.4) is 0 Å². The Bertz CT molecular complexity index is 445. The highest BCUT2D eigenvalue weighted by Gasteiger charge is 2.32. The highest BCUT2D eigenvalue weighted by Crippen LogP contribution is 2.31. The van der Waals surface area contributed by atoms with Crippen molar-refractivity contribution >= 4 is 0 Å². The molecule has 1 saturated carbocycles. The summed E-state index contributed by atoms with van der Waals surface area (Å²) in [5.74, 6) is 0.651. The number of hydrogen-bond donors (Lipinski definition) is 2. The van der Waals surface area contributed by atoms with Crippen LogP contribution in [-0.2, 0) is 6.54 Å². The van der Waals surface area contributed by atoms with Gasteiger partial charge in [-0.2, -0.15) is 0 Å². The molecule has 0 heterocycles. The summed E-state index contributed by atoms with van der Waals surface area (Å²) in [6.07, 6.45) is 4.29. The maximum atomic E-state index is 10.6. The van der Waals surface area contributed by atoms with Gasteiger partial charge in [-0.05, 0) is 56.2 Å². The Balaban J connectivity index is 1.93. The third-order valence-corrected chi connectivity index (χ3v) is 4.66. The van der Waals surface area contributed by atoms with Gasteiger partial charge in [-0.25, -0.2) is 0 Å². The van der Waals surface area contributed by atoms with Gasteiger partial charge in [0.25, 0.3) is 0 Å². The van der Waals surface area contributed by atoms with E-state index in [-0.39, 0.29) is 0 Å². The van der Waals surface area contributed by atoms with Crippen molar-refractivity contribution in [2.45, 2.75) is 65.5 Å². The van der Waals surface area contributed by atoms with Crippen LogP contribution < -0.4 is 5.32 Å². The fourth-order valence-electron chi connectivity index (χ4n) is 3.70. The maximum absolute atomic E-state index is 10.6. The van der Waals surface area contributed by atoms with E-state index in [2.05, 4.69) is 45.1 Å². The minimum atomic E-state index is -0.496. The topological polar surface area (TPSA) is 32.3 Å². The highest BCUT2D eigenvalue weighted by atomic mass is 16.3. The van der Waals surface area contributed by atoms with E-state index in [1.807, 2.05) is 0 Å². The Morgan fingerprint density at radius 2 is 1.90 bits per heavy atom. The predicted molar refractivity (Wildman–Crippen MR) is 84.9 cm³/mol. The number of aryl methyl sites for hydroxylation is 3. The molecule has 2 unspecified atom stereocenters. The zero-order chi connectivity index (χ0) is 14.8. The molecule has 1 aliphatic rings.